The number of fused-ring (bicyclic) bond motifs is 1. The minimum absolute atomic E-state index is 0.0817. The maximum Gasteiger partial charge on any atom is 0.138 e. The average Bonchev–Trinajstić information content (AvgIpc) is 2.74. The lowest BCUT2D eigenvalue weighted by molar-refractivity contribution is 0.134. The first-order chi connectivity index (χ1) is 9.49. The van der Waals surface area contributed by atoms with Gasteiger partial charge in [-0.15, -0.1) is 11.6 Å². The van der Waals surface area contributed by atoms with Crippen molar-refractivity contribution in [2.45, 2.75) is 25.8 Å². The highest BCUT2D eigenvalue weighted by molar-refractivity contribution is 14.1. The van der Waals surface area contributed by atoms with Gasteiger partial charge < -0.3 is 9.30 Å². The van der Waals surface area contributed by atoms with E-state index in [1.807, 2.05) is 27.2 Å². The van der Waals surface area contributed by atoms with Crippen molar-refractivity contribution >= 4 is 45.2 Å². The molecule has 0 amide bonds. The normalized spacial score (nSPS) is 13.3. The molecule has 1 aromatic heterocycles. The van der Waals surface area contributed by atoms with E-state index >= 15 is 0 Å². The lowest BCUT2D eigenvalue weighted by Crippen LogP contribution is -2.22. The highest BCUT2D eigenvalue weighted by Crippen LogP contribution is 2.29. The van der Waals surface area contributed by atoms with Crippen molar-refractivity contribution in [3.8, 4) is 0 Å². The number of alkyl halides is 1. The lowest BCUT2D eigenvalue weighted by Gasteiger charge is -2.24. The van der Waals surface area contributed by atoms with Crippen LogP contribution in [0.25, 0.3) is 11.0 Å². The Labute approximate surface area is 136 Å². The van der Waals surface area contributed by atoms with Crippen LogP contribution in [0.5, 0.6) is 0 Å². The van der Waals surface area contributed by atoms with E-state index in [-0.39, 0.29) is 11.9 Å². The van der Waals surface area contributed by atoms with Gasteiger partial charge in [0, 0.05) is 13.2 Å². The van der Waals surface area contributed by atoms with E-state index in [0.717, 1.165) is 16.9 Å². The summed E-state index contributed by atoms with van der Waals surface area (Å²) in [6.45, 7) is 4.76. The van der Waals surface area contributed by atoms with Crippen LogP contribution >= 0.6 is 34.2 Å². The summed E-state index contributed by atoms with van der Waals surface area (Å²) in [7, 11) is 1.67. The molecule has 0 radical (unpaired) electrons. The standard InChI is InChI=1S/C14H17ClFIN2O/c1-8(2)13(7-20-3)19-12-4-9(16)10(17)5-11(12)18-14(19)6-15/h4-5,8,13H,6-7H2,1-3H3. The SMILES string of the molecule is COCC(C(C)C)n1c(CCl)nc2cc(I)c(F)cc21. The number of hydrogen-bond donors (Lipinski definition) is 0. The monoisotopic (exact) mass is 410 g/mol. The molecule has 1 atom stereocenters. The number of rotatable bonds is 5. The van der Waals surface area contributed by atoms with Crippen molar-refractivity contribution in [2.75, 3.05) is 13.7 Å². The van der Waals surface area contributed by atoms with Crippen LogP contribution in [0.2, 0.25) is 0 Å². The van der Waals surface area contributed by atoms with Crippen molar-refractivity contribution in [1.82, 2.24) is 9.55 Å². The highest BCUT2D eigenvalue weighted by Gasteiger charge is 2.22. The Kier molecular flexibility index (Phi) is 5.25. The van der Waals surface area contributed by atoms with Gasteiger partial charge in [-0.25, -0.2) is 9.37 Å². The summed E-state index contributed by atoms with van der Waals surface area (Å²) >= 11 is 7.98. The molecular formula is C14H17ClFIN2O. The Morgan fingerprint density at radius 3 is 2.70 bits per heavy atom. The van der Waals surface area contributed by atoms with E-state index in [1.165, 1.54) is 6.07 Å². The molecule has 2 aromatic rings. The molecule has 0 saturated heterocycles. The summed E-state index contributed by atoms with van der Waals surface area (Å²) in [5, 5.41) is 0. The first-order valence-electron chi connectivity index (χ1n) is 6.40. The minimum Gasteiger partial charge on any atom is -0.383 e. The van der Waals surface area contributed by atoms with Gasteiger partial charge >= 0.3 is 0 Å². The van der Waals surface area contributed by atoms with Gasteiger partial charge in [0.25, 0.3) is 0 Å². The molecule has 1 unspecified atom stereocenters. The Morgan fingerprint density at radius 2 is 2.15 bits per heavy atom. The third kappa shape index (κ3) is 2.94. The van der Waals surface area contributed by atoms with Crippen molar-refractivity contribution in [2.24, 2.45) is 5.92 Å². The van der Waals surface area contributed by atoms with Gasteiger partial charge in [0.05, 0.1) is 33.1 Å². The number of benzene rings is 1. The molecular weight excluding hydrogens is 394 g/mol. The lowest BCUT2D eigenvalue weighted by atomic mass is 10.0. The Balaban J connectivity index is 2.68. The molecule has 0 spiro atoms. The highest BCUT2D eigenvalue weighted by atomic mass is 127. The van der Waals surface area contributed by atoms with Crippen molar-refractivity contribution in [1.29, 1.82) is 0 Å². The smallest absolute Gasteiger partial charge is 0.138 e. The molecule has 0 aliphatic rings. The van der Waals surface area contributed by atoms with Crippen molar-refractivity contribution in [3.05, 3.63) is 27.3 Å². The zero-order chi connectivity index (χ0) is 14.9. The Bertz CT molecular complexity index is 615. The summed E-state index contributed by atoms with van der Waals surface area (Å²) in [5.74, 6) is 1.13. The number of imidazole rings is 1. The molecule has 0 aliphatic heterocycles. The molecule has 0 aliphatic carbocycles. The quantitative estimate of drug-likeness (QED) is 0.541. The molecule has 0 N–H and O–H groups in total. The molecule has 0 bridgehead atoms. The number of nitrogens with zero attached hydrogens (tertiary/aromatic N) is 2. The Hall–Kier alpha value is -0.400. The maximum absolute atomic E-state index is 13.9. The molecule has 110 valence electrons. The first kappa shape index (κ1) is 16.0. The van der Waals surface area contributed by atoms with Gasteiger partial charge in [-0.3, -0.25) is 0 Å². The molecule has 6 heteroatoms. The van der Waals surface area contributed by atoms with Crippen LogP contribution < -0.4 is 0 Å². The van der Waals surface area contributed by atoms with Crippen LogP contribution in [0, 0.1) is 15.3 Å². The molecule has 1 aromatic carbocycles. The molecule has 0 fully saturated rings. The molecule has 3 nitrogen and oxygen atoms in total. The van der Waals surface area contributed by atoms with E-state index in [0.29, 0.717) is 22.0 Å². The predicted molar refractivity (Wildman–Crippen MR) is 87.7 cm³/mol. The predicted octanol–water partition coefficient (Wildman–Crippen LogP) is 4.36. The molecule has 1 heterocycles. The van der Waals surface area contributed by atoms with Crippen molar-refractivity contribution < 1.29 is 9.13 Å². The summed E-state index contributed by atoms with van der Waals surface area (Å²) < 4.78 is 21.8. The second-order valence-electron chi connectivity index (χ2n) is 5.05. The molecule has 2 rings (SSSR count). The largest absolute Gasteiger partial charge is 0.383 e. The number of aromatic nitrogens is 2. The Morgan fingerprint density at radius 1 is 1.45 bits per heavy atom. The molecule has 20 heavy (non-hydrogen) atoms. The number of halogens is 3. The summed E-state index contributed by atoms with van der Waals surface area (Å²) in [6, 6.07) is 3.37. The third-order valence-corrected chi connectivity index (χ3v) is 4.43. The van der Waals surface area contributed by atoms with E-state index in [4.69, 9.17) is 16.3 Å². The van der Waals surface area contributed by atoms with Crippen molar-refractivity contribution in [3.63, 3.8) is 0 Å². The van der Waals surface area contributed by atoms with Crippen LogP contribution in [0.1, 0.15) is 25.7 Å². The third-order valence-electron chi connectivity index (χ3n) is 3.36. The van der Waals surface area contributed by atoms with Crippen LogP contribution in [0.4, 0.5) is 4.39 Å². The number of hydrogen-bond acceptors (Lipinski definition) is 2. The van der Waals surface area contributed by atoms with E-state index in [2.05, 4.69) is 18.8 Å². The van der Waals surface area contributed by atoms with E-state index in [1.54, 1.807) is 13.2 Å². The minimum atomic E-state index is -0.236. The van der Waals surface area contributed by atoms with Crippen LogP contribution in [0.15, 0.2) is 12.1 Å². The van der Waals surface area contributed by atoms with E-state index < -0.39 is 0 Å². The second kappa shape index (κ2) is 6.58. The zero-order valence-electron chi connectivity index (χ0n) is 11.7. The zero-order valence-corrected chi connectivity index (χ0v) is 14.6. The topological polar surface area (TPSA) is 27.1 Å². The fourth-order valence-electron chi connectivity index (χ4n) is 2.34. The average molecular weight is 411 g/mol. The number of methoxy groups -OCH3 is 1. The van der Waals surface area contributed by atoms with Crippen LogP contribution in [-0.2, 0) is 10.6 Å². The van der Waals surface area contributed by atoms with Gasteiger partial charge in [-0.2, -0.15) is 0 Å². The summed E-state index contributed by atoms with van der Waals surface area (Å²) in [6.07, 6.45) is 0. The van der Waals surface area contributed by atoms with Gasteiger partial charge in [0.1, 0.15) is 11.6 Å². The summed E-state index contributed by atoms with van der Waals surface area (Å²) in [5.41, 5.74) is 1.54. The van der Waals surface area contributed by atoms with Gasteiger partial charge in [-0.1, -0.05) is 13.8 Å². The van der Waals surface area contributed by atoms with Crippen LogP contribution in [0.3, 0.4) is 0 Å². The molecule has 0 saturated carbocycles. The summed E-state index contributed by atoms with van der Waals surface area (Å²) in [4.78, 5) is 4.52. The maximum atomic E-state index is 13.9. The first-order valence-corrected chi connectivity index (χ1v) is 8.01. The second-order valence-corrected chi connectivity index (χ2v) is 6.48. The fraction of sp³-hybridized carbons (Fsp3) is 0.500. The van der Waals surface area contributed by atoms with Gasteiger partial charge in [0.15, 0.2) is 0 Å². The van der Waals surface area contributed by atoms with Crippen LogP contribution in [-0.4, -0.2) is 23.3 Å². The van der Waals surface area contributed by atoms with E-state index in [9.17, 15) is 4.39 Å². The van der Waals surface area contributed by atoms with Gasteiger partial charge in [-0.05, 0) is 34.6 Å². The number of ether oxygens (including phenoxy) is 1. The van der Waals surface area contributed by atoms with Gasteiger partial charge in [0.2, 0.25) is 0 Å². The fourth-order valence-corrected chi connectivity index (χ4v) is 2.98.